The van der Waals surface area contributed by atoms with Crippen molar-refractivity contribution in [3.63, 3.8) is 0 Å². The highest BCUT2D eigenvalue weighted by atomic mass is 19.1. The van der Waals surface area contributed by atoms with E-state index in [4.69, 9.17) is 0 Å². The number of nitrogens with one attached hydrogen (secondary N) is 2. The van der Waals surface area contributed by atoms with E-state index in [9.17, 15) is 14.3 Å². The summed E-state index contributed by atoms with van der Waals surface area (Å²) in [5, 5.41) is 14.5. The Labute approximate surface area is 116 Å². The van der Waals surface area contributed by atoms with E-state index in [-0.39, 0.29) is 17.6 Å². The Hall–Kier alpha value is -2.56. The first kappa shape index (κ1) is 13.9. The van der Waals surface area contributed by atoms with Gasteiger partial charge >= 0.3 is 6.03 Å². The van der Waals surface area contributed by atoms with Crippen molar-refractivity contribution in [2.75, 3.05) is 11.9 Å². The number of rotatable bonds is 4. The van der Waals surface area contributed by atoms with Crippen LogP contribution in [0, 0.1) is 5.82 Å². The number of amides is 2. The van der Waals surface area contributed by atoms with Gasteiger partial charge in [0.1, 0.15) is 11.6 Å². The molecule has 0 aliphatic carbocycles. The summed E-state index contributed by atoms with van der Waals surface area (Å²) < 4.78 is 13.0. The number of halogens is 1. The van der Waals surface area contributed by atoms with Crippen molar-refractivity contribution < 1.29 is 14.3 Å². The van der Waals surface area contributed by atoms with E-state index >= 15 is 0 Å². The first-order valence-corrected chi connectivity index (χ1v) is 6.22. The molecular weight excluding hydrogens is 259 g/mol. The van der Waals surface area contributed by atoms with E-state index in [1.54, 1.807) is 24.3 Å². The molecule has 0 bridgehead atoms. The molecule has 104 valence electrons. The maximum Gasteiger partial charge on any atom is 0.319 e. The van der Waals surface area contributed by atoms with E-state index < -0.39 is 0 Å². The second-order valence-corrected chi connectivity index (χ2v) is 4.31. The number of benzene rings is 2. The van der Waals surface area contributed by atoms with Crippen molar-refractivity contribution in [1.82, 2.24) is 5.32 Å². The van der Waals surface area contributed by atoms with Crippen LogP contribution in [0.3, 0.4) is 0 Å². The summed E-state index contributed by atoms with van der Waals surface area (Å²) in [6, 6.07) is 12.2. The molecular formula is C15H15FN2O2. The van der Waals surface area contributed by atoms with Crippen LogP contribution < -0.4 is 10.6 Å². The Bertz CT molecular complexity index is 602. The lowest BCUT2D eigenvalue weighted by Crippen LogP contribution is -2.30. The third-order valence-corrected chi connectivity index (χ3v) is 2.69. The van der Waals surface area contributed by atoms with Crippen LogP contribution in [0.5, 0.6) is 5.75 Å². The molecule has 0 spiro atoms. The number of phenols is 1. The normalized spacial score (nSPS) is 10.1. The molecule has 0 aromatic heterocycles. The van der Waals surface area contributed by atoms with Crippen LogP contribution in [-0.2, 0) is 6.42 Å². The van der Waals surface area contributed by atoms with Gasteiger partial charge in [0.25, 0.3) is 0 Å². The minimum atomic E-state index is -0.369. The van der Waals surface area contributed by atoms with Gasteiger partial charge in [-0.2, -0.15) is 0 Å². The van der Waals surface area contributed by atoms with Crippen molar-refractivity contribution in [2.45, 2.75) is 6.42 Å². The Morgan fingerprint density at radius 1 is 1.15 bits per heavy atom. The van der Waals surface area contributed by atoms with Gasteiger partial charge in [-0.15, -0.1) is 0 Å². The van der Waals surface area contributed by atoms with Crippen molar-refractivity contribution >= 4 is 11.7 Å². The largest absolute Gasteiger partial charge is 0.508 e. The number of anilines is 1. The monoisotopic (exact) mass is 274 g/mol. The Kier molecular flexibility index (Phi) is 4.55. The first-order valence-electron chi connectivity index (χ1n) is 6.22. The lowest BCUT2D eigenvalue weighted by molar-refractivity contribution is 0.252. The number of urea groups is 1. The van der Waals surface area contributed by atoms with Gasteiger partial charge in [0.05, 0.1) is 0 Å². The summed E-state index contributed by atoms with van der Waals surface area (Å²) in [4.78, 5) is 11.6. The van der Waals surface area contributed by atoms with Gasteiger partial charge in [-0.3, -0.25) is 0 Å². The van der Waals surface area contributed by atoms with Crippen molar-refractivity contribution in [1.29, 1.82) is 0 Å². The van der Waals surface area contributed by atoms with Crippen molar-refractivity contribution in [2.24, 2.45) is 0 Å². The number of carbonyl (C=O) groups is 1. The highest BCUT2D eigenvalue weighted by Gasteiger charge is 2.02. The maximum absolute atomic E-state index is 13.0. The van der Waals surface area contributed by atoms with Gasteiger partial charge in [0.15, 0.2) is 0 Å². The summed E-state index contributed by atoms with van der Waals surface area (Å²) in [6.45, 7) is 0.397. The maximum atomic E-state index is 13.0. The third-order valence-electron chi connectivity index (χ3n) is 2.69. The van der Waals surface area contributed by atoms with Gasteiger partial charge < -0.3 is 15.7 Å². The quantitative estimate of drug-likeness (QED) is 0.802. The van der Waals surface area contributed by atoms with E-state index in [0.717, 1.165) is 5.56 Å². The van der Waals surface area contributed by atoms with Crippen LogP contribution in [0.1, 0.15) is 5.56 Å². The first-order chi connectivity index (χ1) is 9.63. The van der Waals surface area contributed by atoms with Crippen LogP contribution in [0.2, 0.25) is 0 Å². The van der Waals surface area contributed by atoms with Gasteiger partial charge in [-0.25, -0.2) is 9.18 Å². The zero-order chi connectivity index (χ0) is 14.4. The molecule has 2 aromatic carbocycles. The van der Waals surface area contributed by atoms with Gasteiger partial charge in [0.2, 0.25) is 0 Å². The van der Waals surface area contributed by atoms with Gasteiger partial charge in [-0.1, -0.05) is 18.2 Å². The van der Waals surface area contributed by atoms with Crippen LogP contribution in [-0.4, -0.2) is 17.7 Å². The number of hydrogen-bond acceptors (Lipinski definition) is 2. The average molecular weight is 274 g/mol. The van der Waals surface area contributed by atoms with E-state index in [2.05, 4.69) is 10.6 Å². The van der Waals surface area contributed by atoms with Crippen molar-refractivity contribution in [3.8, 4) is 5.75 Å². The molecule has 4 nitrogen and oxygen atoms in total. The molecule has 3 N–H and O–H groups in total. The molecule has 0 saturated heterocycles. The zero-order valence-corrected chi connectivity index (χ0v) is 10.8. The molecule has 0 fully saturated rings. The summed E-state index contributed by atoms with van der Waals surface area (Å²) in [7, 11) is 0. The summed E-state index contributed by atoms with van der Waals surface area (Å²) in [5.41, 5.74) is 1.33. The topological polar surface area (TPSA) is 61.4 Å². The average Bonchev–Trinajstić information content (AvgIpc) is 2.38. The SMILES string of the molecule is O=C(NCCc1cccc(F)c1)Nc1cccc(O)c1. The van der Waals surface area contributed by atoms with E-state index in [1.165, 1.54) is 24.3 Å². The number of hydrogen-bond donors (Lipinski definition) is 3. The molecule has 0 aliphatic heterocycles. The predicted molar refractivity (Wildman–Crippen MR) is 75.2 cm³/mol. The lowest BCUT2D eigenvalue weighted by atomic mass is 10.1. The summed E-state index contributed by atoms with van der Waals surface area (Å²) in [5.74, 6) is -0.200. The number of phenolic OH excluding ortho intramolecular Hbond substituents is 1. The number of carbonyl (C=O) groups excluding carboxylic acids is 1. The second kappa shape index (κ2) is 6.56. The highest BCUT2D eigenvalue weighted by molar-refractivity contribution is 5.89. The minimum Gasteiger partial charge on any atom is -0.508 e. The molecule has 5 heteroatoms. The molecule has 0 aliphatic rings. The smallest absolute Gasteiger partial charge is 0.319 e. The molecule has 0 atom stereocenters. The molecule has 0 unspecified atom stereocenters. The molecule has 2 amide bonds. The minimum absolute atomic E-state index is 0.0857. The van der Waals surface area contributed by atoms with Crippen LogP contribution >= 0.6 is 0 Å². The number of aromatic hydroxyl groups is 1. The standard InChI is InChI=1S/C15H15FN2O2/c16-12-4-1-3-11(9-12)7-8-17-15(20)18-13-5-2-6-14(19)10-13/h1-6,9-10,19H,7-8H2,(H2,17,18,20). The van der Waals surface area contributed by atoms with Gasteiger partial charge in [0, 0.05) is 18.3 Å². The van der Waals surface area contributed by atoms with Crippen LogP contribution in [0.25, 0.3) is 0 Å². The van der Waals surface area contributed by atoms with E-state index in [1.807, 2.05) is 0 Å². The second-order valence-electron chi connectivity index (χ2n) is 4.31. The van der Waals surface area contributed by atoms with Crippen LogP contribution in [0.15, 0.2) is 48.5 Å². The molecule has 20 heavy (non-hydrogen) atoms. The fourth-order valence-electron chi connectivity index (χ4n) is 1.77. The molecule has 2 aromatic rings. The molecule has 0 radical (unpaired) electrons. The summed E-state index contributed by atoms with van der Waals surface area (Å²) >= 11 is 0. The Morgan fingerprint density at radius 3 is 2.70 bits per heavy atom. The molecule has 0 heterocycles. The van der Waals surface area contributed by atoms with Crippen LogP contribution in [0.4, 0.5) is 14.9 Å². The third kappa shape index (κ3) is 4.28. The van der Waals surface area contributed by atoms with Crippen molar-refractivity contribution in [3.05, 3.63) is 59.9 Å². The predicted octanol–water partition coefficient (Wildman–Crippen LogP) is 2.90. The van der Waals surface area contributed by atoms with Gasteiger partial charge in [-0.05, 0) is 36.2 Å². The lowest BCUT2D eigenvalue weighted by Gasteiger charge is -2.08. The zero-order valence-electron chi connectivity index (χ0n) is 10.8. The highest BCUT2D eigenvalue weighted by Crippen LogP contribution is 2.14. The fraction of sp³-hybridized carbons (Fsp3) is 0.133. The Balaban J connectivity index is 1.78. The van der Waals surface area contributed by atoms with E-state index in [0.29, 0.717) is 18.7 Å². The molecule has 0 saturated carbocycles. The Morgan fingerprint density at radius 2 is 1.95 bits per heavy atom. The molecule has 2 rings (SSSR count). The summed E-state index contributed by atoms with van der Waals surface area (Å²) in [6.07, 6.45) is 0.547. The fourth-order valence-corrected chi connectivity index (χ4v) is 1.77.